The highest BCUT2D eigenvalue weighted by molar-refractivity contribution is 5.78. The van der Waals surface area contributed by atoms with Gasteiger partial charge in [-0.15, -0.1) is 0 Å². The van der Waals surface area contributed by atoms with E-state index in [4.69, 9.17) is 5.26 Å². The predicted octanol–water partition coefficient (Wildman–Crippen LogP) is 1.28. The van der Waals surface area contributed by atoms with Crippen LogP contribution in [0.2, 0.25) is 0 Å². The number of nitrogens with zero attached hydrogens (tertiary/aromatic N) is 5. The number of amides is 1. The lowest BCUT2D eigenvalue weighted by atomic mass is 9.84. The molecule has 0 radical (unpaired) electrons. The standard InChI is InChI=1S/C14H19N5O/c1-11(2)17-5-3-14(10-17)4-6-18(14)13(20)19-9-12(7-15)8-16-19/h8-9,11H,3-6,10H2,1-2H3. The van der Waals surface area contributed by atoms with Gasteiger partial charge in [0.2, 0.25) is 0 Å². The van der Waals surface area contributed by atoms with Crippen molar-refractivity contribution in [2.45, 2.75) is 38.3 Å². The Morgan fingerprint density at radius 2 is 2.20 bits per heavy atom. The van der Waals surface area contributed by atoms with Crippen molar-refractivity contribution in [2.75, 3.05) is 19.6 Å². The van der Waals surface area contributed by atoms with Crippen LogP contribution in [0.15, 0.2) is 12.4 Å². The van der Waals surface area contributed by atoms with Crippen molar-refractivity contribution in [1.29, 1.82) is 5.26 Å². The maximum Gasteiger partial charge on any atom is 0.345 e. The minimum Gasteiger partial charge on any atom is -0.316 e. The number of hydrogen-bond donors (Lipinski definition) is 0. The monoisotopic (exact) mass is 273 g/mol. The van der Waals surface area contributed by atoms with Crippen LogP contribution in [0.3, 0.4) is 0 Å². The molecule has 0 bridgehead atoms. The first-order valence-corrected chi connectivity index (χ1v) is 7.06. The van der Waals surface area contributed by atoms with Crippen LogP contribution in [0.25, 0.3) is 0 Å². The van der Waals surface area contributed by atoms with E-state index in [-0.39, 0.29) is 11.6 Å². The van der Waals surface area contributed by atoms with Crippen LogP contribution in [0.4, 0.5) is 4.79 Å². The Morgan fingerprint density at radius 3 is 2.70 bits per heavy atom. The molecule has 1 amide bonds. The molecule has 3 heterocycles. The lowest BCUT2D eigenvalue weighted by Gasteiger charge is -2.50. The van der Waals surface area contributed by atoms with Crippen LogP contribution in [-0.4, -0.2) is 56.8 Å². The van der Waals surface area contributed by atoms with Gasteiger partial charge in [0.25, 0.3) is 0 Å². The zero-order valence-electron chi connectivity index (χ0n) is 11.9. The van der Waals surface area contributed by atoms with E-state index in [0.29, 0.717) is 11.6 Å². The van der Waals surface area contributed by atoms with Gasteiger partial charge in [0.05, 0.1) is 23.5 Å². The van der Waals surface area contributed by atoms with Gasteiger partial charge >= 0.3 is 6.03 Å². The van der Waals surface area contributed by atoms with Gasteiger partial charge in [-0.2, -0.15) is 15.0 Å². The second kappa shape index (κ2) is 4.60. The fourth-order valence-corrected chi connectivity index (χ4v) is 3.20. The molecule has 1 spiro atoms. The highest BCUT2D eigenvalue weighted by Gasteiger charge is 2.52. The van der Waals surface area contributed by atoms with E-state index in [1.165, 1.54) is 17.1 Å². The zero-order chi connectivity index (χ0) is 14.3. The highest BCUT2D eigenvalue weighted by atomic mass is 16.2. The zero-order valence-corrected chi connectivity index (χ0v) is 11.9. The lowest BCUT2D eigenvalue weighted by Crippen LogP contribution is -2.64. The largest absolute Gasteiger partial charge is 0.345 e. The molecule has 0 N–H and O–H groups in total. The number of hydrogen-bond acceptors (Lipinski definition) is 4. The van der Waals surface area contributed by atoms with Crippen molar-refractivity contribution in [3.8, 4) is 6.07 Å². The summed E-state index contributed by atoms with van der Waals surface area (Å²) >= 11 is 0. The molecule has 0 aliphatic carbocycles. The minimum absolute atomic E-state index is 0.0138. The summed E-state index contributed by atoms with van der Waals surface area (Å²) in [6.45, 7) is 7.16. The topological polar surface area (TPSA) is 65.2 Å². The lowest BCUT2D eigenvalue weighted by molar-refractivity contribution is 0.0275. The summed E-state index contributed by atoms with van der Waals surface area (Å²) in [4.78, 5) is 16.8. The van der Waals surface area contributed by atoms with Crippen LogP contribution in [-0.2, 0) is 0 Å². The van der Waals surface area contributed by atoms with E-state index in [9.17, 15) is 4.79 Å². The van der Waals surface area contributed by atoms with Crippen molar-refractivity contribution in [2.24, 2.45) is 0 Å². The van der Waals surface area contributed by atoms with Gasteiger partial charge in [-0.1, -0.05) is 0 Å². The van der Waals surface area contributed by atoms with E-state index in [2.05, 4.69) is 23.8 Å². The summed E-state index contributed by atoms with van der Waals surface area (Å²) in [5, 5.41) is 12.8. The SMILES string of the molecule is CC(C)N1CCC2(CCN2C(=O)n2cc(C#N)cn2)C1. The van der Waals surface area contributed by atoms with Crippen molar-refractivity contribution < 1.29 is 4.79 Å². The fraction of sp³-hybridized carbons (Fsp3) is 0.643. The Hall–Kier alpha value is -1.87. The molecule has 0 aromatic carbocycles. The Kier molecular flexibility index (Phi) is 3.02. The summed E-state index contributed by atoms with van der Waals surface area (Å²) < 4.78 is 1.29. The van der Waals surface area contributed by atoms with Gasteiger partial charge in [-0.3, -0.25) is 4.90 Å². The third-order valence-electron chi connectivity index (χ3n) is 4.60. The third-order valence-corrected chi connectivity index (χ3v) is 4.60. The van der Waals surface area contributed by atoms with E-state index in [0.717, 1.165) is 32.5 Å². The molecule has 6 nitrogen and oxygen atoms in total. The summed E-state index contributed by atoms with van der Waals surface area (Å²) in [7, 11) is 0. The van der Waals surface area contributed by atoms with Crippen molar-refractivity contribution >= 4 is 6.03 Å². The number of carbonyl (C=O) groups is 1. The van der Waals surface area contributed by atoms with Crippen molar-refractivity contribution in [1.82, 2.24) is 19.6 Å². The molecule has 2 saturated heterocycles. The minimum atomic E-state index is -0.108. The van der Waals surface area contributed by atoms with Gasteiger partial charge in [0.15, 0.2) is 0 Å². The molecule has 0 saturated carbocycles. The molecule has 2 fully saturated rings. The Labute approximate surface area is 118 Å². The maximum absolute atomic E-state index is 12.5. The van der Waals surface area contributed by atoms with E-state index < -0.39 is 0 Å². The van der Waals surface area contributed by atoms with Crippen LogP contribution < -0.4 is 0 Å². The molecule has 1 unspecified atom stereocenters. The van der Waals surface area contributed by atoms with Crippen LogP contribution in [0.1, 0.15) is 32.3 Å². The number of aromatic nitrogens is 2. The predicted molar refractivity (Wildman–Crippen MR) is 73.1 cm³/mol. The highest BCUT2D eigenvalue weighted by Crippen LogP contribution is 2.40. The summed E-state index contributed by atoms with van der Waals surface area (Å²) in [5.41, 5.74) is 0.406. The molecule has 6 heteroatoms. The molecule has 3 rings (SSSR count). The van der Waals surface area contributed by atoms with Crippen LogP contribution >= 0.6 is 0 Å². The molecule has 2 aliphatic heterocycles. The van der Waals surface area contributed by atoms with Gasteiger partial charge in [-0.05, 0) is 26.7 Å². The van der Waals surface area contributed by atoms with Crippen LogP contribution in [0, 0.1) is 11.3 Å². The fourth-order valence-electron chi connectivity index (χ4n) is 3.20. The Bertz CT molecular complexity index is 572. The second-order valence-corrected chi connectivity index (χ2v) is 6.01. The molecule has 20 heavy (non-hydrogen) atoms. The van der Waals surface area contributed by atoms with E-state index >= 15 is 0 Å². The summed E-state index contributed by atoms with van der Waals surface area (Å²) in [5.74, 6) is 0. The molecule has 1 aromatic heterocycles. The van der Waals surface area contributed by atoms with E-state index in [1.807, 2.05) is 11.0 Å². The Morgan fingerprint density at radius 1 is 1.45 bits per heavy atom. The maximum atomic E-state index is 12.5. The molecule has 106 valence electrons. The summed E-state index contributed by atoms with van der Waals surface area (Å²) in [6.07, 6.45) is 5.03. The van der Waals surface area contributed by atoms with Crippen LogP contribution in [0.5, 0.6) is 0 Å². The quantitative estimate of drug-likeness (QED) is 0.773. The first kappa shape index (κ1) is 13.1. The normalized spacial score (nSPS) is 26.0. The Balaban J connectivity index is 1.75. The second-order valence-electron chi connectivity index (χ2n) is 6.01. The average Bonchev–Trinajstić information content (AvgIpc) is 3.05. The van der Waals surface area contributed by atoms with Gasteiger partial charge in [0.1, 0.15) is 6.07 Å². The molecule has 2 aliphatic rings. The summed E-state index contributed by atoms with van der Waals surface area (Å²) in [6, 6.07) is 2.41. The van der Waals surface area contributed by atoms with Crippen molar-refractivity contribution in [3.05, 3.63) is 18.0 Å². The number of carbonyl (C=O) groups excluding carboxylic acids is 1. The van der Waals surface area contributed by atoms with Gasteiger partial charge in [-0.25, -0.2) is 4.79 Å². The number of rotatable bonds is 1. The smallest absolute Gasteiger partial charge is 0.316 e. The van der Waals surface area contributed by atoms with Gasteiger partial charge < -0.3 is 4.90 Å². The van der Waals surface area contributed by atoms with Crippen molar-refractivity contribution in [3.63, 3.8) is 0 Å². The first-order valence-electron chi connectivity index (χ1n) is 7.06. The number of likely N-dealkylation sites (tertiary alicyclic amines) is 2. The van der Waals surface area contributed by atoms with Gasteiger partial charge in [0, 0.05) is 25.7 Å². The molecular weight excluding hydrogens is 254 g/mol. The number of nitriles is 1. The average molecular weight is 273 g/mol. The molecule has 1 aromatic rings. The third kappa shape index (κ3) is 1.90. The molecular formula is C14H19N5O. The van der Waals surface area contributed by atoms with E-state index in [1.54, 1.807) is 0 Å². The first-order chi connectivity index (χ1) is 9.55. The molecule has 1 atom stereocenters.